The number of aryl methyl sites for hydroxylation is 1. The molecule has 5 rings (SSSR count). The van der Waals surface area contributed by atoms with Crippen molar-refractivity contribution in [2.45, 2.75) is 25.9 Å². The Balaban J connectivity index is 1.45. The minimum absolute atomic E-state index is 0.0310. The summed E-state index contributed by atoms with van der Waals surface area (Å²) in [4.78, 5) is 26.3. The lowest BCUT2D eigenvalue weighted by Gasteiger charge is -2.15. The van der Waals surface area contributed by atoms with Crippen LogP contribution in [-0.2, 0) is 4.74 Å². The summed E-state index contributed by atoms with van der Waals surface area (Å²) in [7, 11) is 0. The third kappa shape index (κ3) is 5.90. The number of carbonyl (C=O) groups is 1. The Kier molecular flexibility index (Phi) is 7.46. The number of hydrogen-bond acceptors (Lipinski definition) is 6. The van der Waals surface area contributed by atoms with Gasteiger partial charge in [-0.05, 0) is 74.4 Å². The van der Waals surface area contributed by atoms with Gasteiger partial charge in [-0.15, -0.1) is 0 Å². The lowest BCUT2D eigenvalue weighted by molar-refractivity contribution is 0.0858. The molecule has 194 valence electrons. The molecule has 4 aromatic rings. The largest absolute Gasteiger partial charge is 0.453 e. The van der Waals surface area contributed by atoms with E-state index in [1.165, 1.54) is 30.5 Å². The number of rotatable bonds is 8. The van der Waals surface area contributed by atoms with Gasteiger partial charge in [0, 0.05) is 24.4 Å². The van der Waals surface area contributed by atoms with E-state index in [1.807, 2.05) is 19.1 Å². The Morgan fingerprint density at radius 3 is 2.66 bits per heavy atom. The maximum atomic E-state index is 13.6. The molecule has 9 heteroatoms. The third-order valence-corrected chi connectivity index (χ3v) is 6.17. The van der Waals surface area contributed by atoms with Gasteiger partial charge in [0.25, 0.3) is 11.5 Å². The van der Waals surface area contributed by atoms with Gasteiger partial charge >= 0.3 is 0 Å². The highest BCUT2D eigenvalue weighted by molar-refractivity contribution is 5.95. The average Bonchev–Trinajstić information content (AvgIpc) is 3.45. The van der Waals surface area contributed by atoms with Crippen molar-refractivity contribution < 1.29 is 18.7 Å². The predicted octanol–water partition coefficient (Wildman–Crippen LogP) is 5.12. The highest BCUT2D eigenvalue weighted by Gasteiger charge is 2.18. The lowest BCUT2D eigenvalue weighted by Crippen LogP contribution is -2.31. The molecule has 1 amide bonds. The van der Waals surface area contributed by atoms with Gasteiger partial charge in [-0.25, -0.2) is 4.39 Å². The Bertz CT molecular complexity index is 1480. The summed E-state index contributed by atoms with van der Waals surface area (Å²) in [6, 6.07) is 19.7. The van der Waals surface area contributed by atoms with Crippen molar-refractivity contribution in [2.24, 2.45) is 0 Å². The molecule has 1 saturated heterocycles. The van der Waals surface area contributed by atoms with Crippen molar-refractivity contribution in [3.05, 3.63) is 106 Å². The summed E-state index contributed by atoms with van der Waals surface area (Å²) >= 11 is 0. The van der Waals surface area contributed by atoms with Crippen molar-refractivity contribution in [2.75, 3.05) is 18.5 Å². The van der Waals surface area contributed by atoms with Crippen molar-refractivity contribution in [1.82, 2.24) is 15.1 Å². The summed E-state index contributed by atoms with van der Waals surface area (Å²) in [5.74, 6) is 0.0693. The molecule has 0 radical (unpaired) electrons. The first kappa shape index (κ1) is 25.2. The number of nitrogens with one attached hydrogen (secondary N) is 2. The third-order valence-electron chi connectivity index (χ3n) is 6.17. The SMILES string of the molecule is Cc1ccc(Oc2cnn(-c3ccc(F)cc3)c(=O)c2Nc2cccc(C(=O)NCC3CCCO3)c2)cc1. The van der Waals surface area contributed by atoms with Crippen LogP contribution in [-0.4, -0.2) is 34.9 Å². The second-order valence-corrected chi connectivity index (χ2v) is 9.04. The molecular formula is C29H27FN4O4. The molecule has 2 heterocycles. The van der Waals surface area contributed by atoms with E-state index in [9.17, 15) is 14.0 Å². The van der Waals surface area contributed by atoms with Crippen molar-refractivity contribution >= 4 is 17.3 Å². The van der Waals surface area contributed by atoms with Gasteiger partial charge in [0.1, 0.15) is 11.6 Å². The van der Waals surface area contributed by atoms with Crippen LogP contribution in [0.5, 0.6) is 11.5 Å². The molecule has 1 unspecified atom stereocenters. The monoisotopic (exact) mass is 514 g/mol. The van der Waals surface area contributed by atoms with Crippen molar-refractivity contribution in [1.29, 1.82) is 0 Å². The maximum Gasteiger partial charge on any atom is 0.299 e. The van der Waals surface area contributed by atoms with Crippen LogP contribution in [0.3, 0.4) is 0 Å². The van der Waals surface area contributed by atoms with Crippen molar-refractivity contribution in [3.63, 3.8) is 0 Å². The molecule has 1 fully saturated rings. The van der Waals surface area contributed by atoms with Crippen LogP contribution < -0.4 is 20.9 Å². The molecule has 1 aromatic heterocycles. The van der Waals surface area contributed by atoms with E-state index in [-0.39, 0.29) is 23.4 Å². The van der Waals surface area contributed by atoms with Gasteiger partial charge in [-0.1, -0.05) is 23.8 Å². The highest BCUT2D eigenvalue weighted by atomic mass is 19.1. The van der Waals surface area contributed by atoms with Crippen LogP contribution >= 0.6 is 0 Å². The normalized spacial score (nSPS) is 14.7. The van der Waals surface area contributed by atoms with Crippen molar-refractivity contribution in [3.8, 4) is 17.2 Å². The Hall–Kier alpha value is -4.50. The molecule has 8 nitrogen and oxygen atoms in total. The number of ether oxygens (including phenoxy) is 2. The van der Waals surface area contributed by atoms with Gasteiger partial charge in [0.15, 0.2) is 11.4 Å². The van der Waals surface area contributed by atoms with E-state index in [4.69, 9.17) is 9.47 Å². The van der Waals surface area contributed by atoms with Gasteiger partial charge in [-0.2, -0.15) is 9.78 Å². The zero-order valence-electron chi connectivity index (χ0n) is 20.8. The molecule has 3 aromatic carbocycles. The molecule has 0 bridgehead atoms. The Morgan fingerprint density at radius 2 is 1.92 bits per heavy atom. The number of benzene rings is 3. The standard InChI is InChI=1S/C29H27FN4O4/c1-19-7-13-24(14-8-19)38-26-18-32-34(23-11-9-21(30)10-12-23)29(36)27(26)33-22-5-2-4-20(16-22)28(35)31-17-25-6-3-15-37-25/h2,4-5,7-14,16,18,25,33H,3,6,15,17H2,1H3,(H,31,35). The number of hydrogen-bond donors (Lipinski definition) is 2. The van der Waals surface area contributed by atoms with Crippen LogP contribution in [0.4, 0.5) is 15.8 Å². The molecule has 1 atom stereocenters. The maximum absolute atomic E-state index is 13.6. The first-order chi connectivity index (χ1) is 18.5. The van der Waals surface area contributed by atoms with Crippen LogP contribution in [0.1, 0.15) is 28.8 Å². The second kappa shape index (κ2) is 11.3. The van der Waals surface area contributed by atoms with Gasteiger partial charge in [0.2, 0.25) is 0 Å². The van der Waals surface area contributed by atoms with Gasteiger partial charge in [-0.3, -0.25) is 9.59 Å². The minimum atomic E-state index is -0.505. The molecule has 0 aliphatic carbocycles. The zero-order chi connectivity index (χ0) is 26.5. The fourth-order valence-electron chi connectivity index (χ4n) is 4.13. The average molecular weight is 515 g/mol. The first-order valence-corrected chi connectivity index (χ1v) is 12.4. The summed E-state index contributed by atoms with van der Waals surface area (Å²) in [5, 5.41) is 10.3. The summed E-state index contributed by atoms with van der Waals surface area (Å²) in [6.45, 7) is 3.12. The predicted molar refractivity (Wildman–Crippen MR) is 142 cm³/mol. The first-order valence-electron chi connectivity index (χ1n) is 12.4. The highest BCUT2D eigenvalue weighted by Crippen LogP contribution is 2.29. The molecule has 0 saturated carbocycles. The molecule has 38 heavy (non-hydrogen) atoms. The molecule has 1 aliphatic heterocycles. The van der Waals surface area contributed by atoms with Gasteiger partial charge in [0.05, 0.1) is 18.0 Å². The van der Waals surface area contributed by atoms with E-state index >= 15 is 0 Å². The van der Waals surface area contributed by atoms with E-state index in [2.05, 4.69) is 15.7 Å². The summed E-state index contributed by atoms with van der Waals surface area (Å²) in [5.41, 5.74) is 2.01. The smallest absolute Gasteiger partial charge is 0.299 e. The quantitative estimate of drug-likeness (QED) is 0.339. The number of halogens is 1. The fraction of sp³-hybridized carbons (Fsp3) is 0.207. The molecular weight excluding hydrogens is 487 g/mol. The van der Waals surface area contributed by atoms with Crippen LogP contribution in [0.25, 0.3) is 5.69 Å². The number of anilines is 2. The van der Waals surface area contributed by atoms with E-state index in [1.54, 1.807) is 36.4 Å². The second-order valence-electron chi connectivity index (χ2n) is 9.04. The van der Waals surface area contributed by atoms with Crippen LogP contribution in [0.2, 0.25) is 0 Å². The number of aromatic nitrogens is 2. The van der Waals surface area contributed by atoms with E-state index in [0.29, 0.717) is 35.8 Å². The number of amides is 1. The zero-order valence-corrected chi connectivity index (χ0v) is 20.8. The molecule has 0 spiro atoms. The molecule has 2 N–H and O–H groups in total. The van der Waals surface area contributed by atoms with Crippen LogP contribution in [0.15, 0.2) is 83.8 Å². The number of nitrogens with zero attached hydrogens (tertiary/aromatic N) is 2. The molecule has 1 aliphatic rings. The van der Waals surface area contributed by atoms with Crippen LogP contribution in [0, 0.1) is 12.7 Å². The Morgan fingerprint density at radius 1 is 1.13 bits per heavy atom. The lowest BCUT2D eigenvalue weighted by atomic mass is 10.1. The summed E-state index contributed by atoms with van der Waals surface area (Å²) in [6.07, 6.45) is 3.37. The minimum Gasteiger partial charge on any atom is -0.453 e. The van der Waals surface area contributed by atoms with E-state index in [0.717, 1.165) is 23.1 Å². The topological polar surface area (TPSA) is 94.5 Å². The number of carbonyl (C=O) groups excluding carboxylic acids is 1. The fourth-order valence-corrected chi connectivity index (χ4v) is 4.13. The summed E-state index contributed by atoms with van der Waals surface area (Å²) < 4.78 is 26.2. The van der Waals surface area contributed by atoms with Gasteiger partial charge < -0.3 is 20.1 Å². The Labute approximate surface area is 219 Å². The van der Waals surface area contributed by atoms with E-state index < -0.39 is 11.4 Å².